The number of ether oxygens (including phenoxy) is 1. The van der Waals surface area contributed by atoms with Gasteiger partial charge in [0.05, 0.1) is 28.9 Å². The van der Waals surface area contributed by atoms with E-state index in [0.717, 1.165) is 19.3 Å². The molecule has 8 nitrogen and oxygen atoms in total. The van der Waals surface area contributed by atoms with Crippen LogP contribution in [0.25, 0.3) is 0 Å². The average Bonchev–Trinajstić information content (AvgIpc) is 3.30. The summed E-state index contributed by atoms with van der Waals surface area (Å²) in [6.07, 6.45) is 3.29. The topological polar surface area (TPSA) is 113 Å². The van der Waals surface area contributed by atoms with Crippen LogP contribution in [0.2, 0.25) is 0 Å². The summed E-state index contributed by atoms with van der Waals surface area (Å²) in [4.78, 5) is 24.5. The van der Waals surface area contributed by atoms with E-state index in [0.29, 0.717) is 25.1 Å². The average molecular weight is 423 g/mol. The summed E-state index contributed by atoms with van der Waals surface area (Å²) in [5.74, 6) is -2.99. The Balaban J connectivity index is 1.47. The molecule has 3 fully saturated rings. The molecule has 5 atom stereocenters. The Labute approximate surface area is 170 Å². The molecule has 0 unspecified atom stereocenters. The predicted molar refractivity (Wildman–Crippen MR) is 105 cm³/mol. The second kappa shape index (κ2) is 7.70. The molecule has 2 N–H and O–H groups in total. The highest BCUT2D eigenvalue weighted by molar-refractivity contribution is 7.89. The molecular formula is C20H26N2O6S. The van der Waals surface area contributed by atoms with Crippen molar-refractivity contribution in [1.29, 1.82) is 0 Å². The van der Waals surface area contributed by atoms with Gasteiger partial charge in [-0.1, -0.05) is 6.42 Å². The van der Waals surface area contributed by atoms with Crippen molar-refractivity contribution in [3.63, 3.8) is 0 Å². The number of piperidine rings is 1. The highest BCUT2D eigenvalue weighted by atomic mass is 32.2. The summed E-state index contributed by atoms with van der Waals surface area (Å²) in [7, 11) is -3.58. The van der Waals surface area contributed by atoms with Gasteiger partial charge in [0.2, 0.25) is 15.9 Å². The minimum Gasteiger partial charge on any atom is -0.481 e. The van der Waals surface area contributed by atoms with Gasteiger partial charge in [-0.15, -0.1) is 0 Å². The van der Waals surface area contributed by atoms with Crippen LogP contribution in [0.4, 0.5) is 5.69 Å². The molecule has 9 heteroatoms. The fourth-order valence-electron chi connectivity index (χ4n) is 4.82. The molecule has 3 aliphatic heterocycles. The van der Waals surface area contributed by atoms with E-state index < -0.39 is 39.8 Å². The number of carboxylic acid groups (broad SMARTS) is 1. The van der Waals surface area contributed by atoms with Gasteiger partial charge < -0.3 is 15.2 Å². The maximum absolute atomic E-state index is 12.9. The van der Waals surface area contributed by atoms with Gasteiger partial charge in [0.25, 0.3) is 0 Å². The highest BCUT2D eigenvalue weighted by Gasteiger charge is 2.55. The van der Waals surface area contributed by atoms with Gasteiger partial charge in [-0.3, -0.25) is 9.59 Å². The molecule has 0 spiro atoms. The van der Waals surface area contributed by atoms with E-state index in [-0.39, 0.29) is 17.0 Å². The summed E-state index contributed by atoms with van der Waals surface area (Å²) in [5, 5.41) is 12.2. The Kier molecular flexibility index (Phi) is 5.39. The Hall–Kier alpha value is -1.97. The van der Waals surface area contributed by atoms with E-state index in [2.05, 4.69) is 5.32 Å². The molecule has 3 aliphatic rings. The van der Waals surface area contributed by atoms with Crippen molar-refractivity contribution < 1.29 is 27.9 Å². The number of carboxylic acids is 1. The van der Waals surface area contributed by atoms with Gasteiger partial charge in [0.1, 0.15) is 0 Å². The van der Waals surface area contributed by atoms with Crippen LogP contribution < -0.4 is 5.32 Å². The number of hydrogen-bond donors (Lipinski definition) is 2. The van der Waals surface area contributed by atoms with Crippen LogP contribution in [0.5, 0.6) is 0 Å². The molecule has 1 amide bonds. The molecule has 3 heterocycles. The number of benzene rings is 1. The van der Waals surface area contributed by atoms with Crippen LogP contribution in [0.1, 0.15) is 39.0 Å². The maximum atomic E-state index is 12.9. The first-order valence-electron chi connectivity index (χ1n) is 10.1. The monoisotopic (exact) mass is 422 g/mol. The number of sulfonamides is 1. The second-order valence-corrected chi connectivity index (χ2v) is 10.0. The maximum Gasteiger partial charge on any atom is 0.310 e. The number of fused-ring (bicyclic) bond motifs is 2. The van der Waals surface area contributed by atoms with Crippen molar-refractivity contribution in [3.05, 3.63) is 24.3 Å². The Morgan fingerprint density at radius 2 is 1.72 bits per heavy atom. The SMILES string of the molecule is C[C@@H]1CCCCN1S(=O)(=O)c1ccc(NC(=O)[C@@H]2[C@@H](C(=O)O)[C@H]3CC[C@H]2O3)cc1. The molecular weight excluding hydrogens is 396 g/mol. The van der Waals surface area contributed by atoms with E-state index >= 15 is 0 Å². The predicted octanol–water partition coefficient (Wildman–Crippen LogP) is 2.07. The van der Waals surface area contributed by atoms with Crippen molar-refractivity contribution in [2.75, 3.05) is 11.9 Å². The first-order valence-corrected chi connectivity index (χ1v) is 11.5. The van der Waals surface area contributed by atoms with Gasteiger partial charge in [-0.2, -0.15) is 4.31 Å². The minimum absolute atomic E-state index is 0.0288. The van der Waals surface area contributed by atoms with E-state index in [1.165, 1.54) is 16.4 Å². The zero-order chi connectivity index (χ0) is 20.8. The number of rotatable bonds is 5. The van der Waals surface area contributed by atoms with Crippen LogP contribution in [-0.2, 0) is 24.3 Å². The largest absolute Gasteiger partial charge is 0.481 e. The highest BCUT2D eigenvalue weighted by Crippen LogP contribution is 2.44. The third-order valence-corrected chi connectivity index (χ3v) is 8.36. The molecule has 2 bridgehead atoms. The third-order valence-electron chi connectivity index (χ3n) is 6.33. The van der Waals surface area contributed by atoms with Crippen molar-refractivity contribution in [1.82, 2.24) is 4.31 Å². The fraction of sp³-hybridized carbons (Fsp3) is 0.600. The summed E-state index contributed by atoms with van der Waals surface area (Å²) in [6.45, 7) is 2.43. The molecule has 3 saturated heterocycles. The van der Waals surface area contributed by atoms with Crippen LogP contribution in [0, 0.1) is 11.8 Å². The molecule has 0 aromatic heterocycles. The Morgan fingerprint density at radius 3 is 2.34 bits per heavy atom. The quantitative estimate of drug-likeness (QED) is 0.751. The Bertz CT molecular complexity index is 900. The zero-order valence-electron chi connectivity index (χ0n) is 16.3. The number of carbonyl (C=O) groups excluding carboxylic acids is 1. The van der Waals surface area contributed by atoms with E-state index in [4.69, 9.17) is 4.74 Å². The van der Waals surface area contributed by atoms with Crippen LogP contribution in [0.15, 0.2) is 29.2 Å². The van der Waals surface area contributed by atoms with Gasteiger partial charge in [-0.05, 0) is 56.9 Å². The minimum atomic E-state index is -3.58. The molecule has 1 aromatic rings. The fourth-order valence-corrected chi connectivity index (χ4v) is 6.52. The molecule has 29 heavy (non-hydrogen) atoms. The van der Waals surface area contributed by atoms with Gasteiger partial charge in [0.15, 0.2) is 0 Å². The molecule has 158 valence electrons. The van der Waals surface area contributed by atoms with Gasteiger partial charge in [-0.25, -0.2) is 8.42 Å². The number of nitrogens with zero attached hydrogens (tertiary/aromatic N) is 1. The zero-order valence-corrected chi connectivity index (χ0v) is 17.1. The summed E-state index contributed by atoms with van der Waals surface area (Å²) in [6, 6.07) is 6.03. The number of carbonyl (C=O) groups is 2. The molecule has 0 aliphatic carbocycles. The third kappa shape index (κ3) is 3.67. The number of aliphatic carboxylic acids is 1. The van der Waals surface area contributed by atoms with Crippen LogP contribution in [0.3, 0.4) is 0 Å². The molecule has 4 rings (SSSR count). The van der Waals surface area contributed by atoms with Gasteiger partial charge in [0, 0.05) is 18.3 Å². The van der Waals surface area contributed by atoms with Crippen molar-refractivity contribution in [2.24, 2.45) is 11.8 Å². The Morgan fingerprint density at radius 1 is 1.07 bits per heavy atom. The number of anilines is 1. The summed E-state index contributed by atoms with van der Waals surface area (Å²) in [5.41, 5.74) is 0.438. The van der Waals surface area contributed by atoms with Crippen molar-refractivity contribution >= 4 is 27.6 Å². The second-order valence-electron chi connectivity index (χ2n) is 8.15. The lowest BCUT2D eigenvalue weighted by molar-refractivity contribution is -0.147. The standard InChI is InChI=1S/C20H26N2O6S/c1-12-4-2-3-11-22(12)29(26,27)14-7-5-13(6-8-14)21-19(23)17-15-9-10-16(28-15)18(17)20(24)25/h5-8,12,15-18H,2-4,9-11H2,1H3,(H,21,23)(H,24,25)/t12-,15-,16-,17+,18+/m1/s1. The first-order chi connectivity index (χ1) is 13.8. The molecule has 0 saturated carbocycles. The smallest absolute Gasteiger partial charge is 0.310 e. The van der Waals surface area contributed by atoms with Crippen LogP contribution in [-0.4, -0.2) is 54.5 Å². The van der Waals surface area contributed by atoms with E-state index in [9.17, 15) is 23.1 Å². The lowest BCUT2D eigenvalue weighted by Crippen LogP contribution is -2.42. The van der Waals surface area contributed by atoms with Gasteiger partial charge >= 0.3 is 5.97 Å². The number of nitrogens with one attached hydrogen (secondary N) is 1. The van der Waals surface area contributed by atoms with Crippen molar-refractivity contribution in [3.8, 4) is 0 Å². The molecule has 1 aromatic carbocycles. The summed E-state index contributed by atoms with van der Waals surface area (Å²) >= 11 is 0. The van der Waals surface area contributed by atoms with E-state index in [1.54, 1.807) is 12.1 Å². The number of amides is 1. The molecule has 0 radical (unpaired) electrons. The number of hydrogen-bond acceptors (Lipinski definition) is 5. The first kappa shape index (κ1) is 20.3. The normalized spacial score (nSPS) is 32.2. The van der Waals surface area contributed by atoms with Crippen LogP contribution >= 0.6 is 0 Å². The lowest BCUT2D eigenvalue weighted by Gasteiger charge is -2.32. The van der Waals surface area contributed by atoms with Crippen molar-refractivity contribution in [2.45, 2.75) is 62.2 Å². The summed E-state index contributed by atoms with van der Waals surface area (Å²) < 4.78 is 33.0. The van der Waals surface area contributed by atoms with E-state index in [1.807, 2.05) is 6.92 Å². The lowest BCUT2D eigenvalue weighted by atomic mass is 9.78.